The molecule has 0 aromatic carbocycles. The summed E-state index contributed by atoms with van der Waals surface area (Å²) in [5.41, 5.74) is 7.78. The van der Waals surface area contributed by atoms with Crippen molar-refractivity contribution in [1.29, 1.82) is 0 Å². The van der Waals surface area contributed by atoms with Gasteiger partial charge in [-0.1, -0.05) is 0 Å². The molecule has 1 aliphatic rings. The summed E-state index contributed by atoms with van der Waals surface area (Å²) in [6.45, 7) is 0. The largest absolute Gasteiger partial charge is 0.393 e. The SMILES string of the molecule is NC1CC(O)Cc2cn[nH]c21. The zero-order valence-electron chi connectivity index (χ0n) is 6.12. The van der Waals surface area contributed by atoms with Crippen molar-refractivity contribution in [3.05, 3.63) is 17.5 Å². The summed E-state index contributed by atoms with van der Waals surface area (Å²) < 4.78 is 0. The number of aliphatic hydroxyl groups is 1. The van der Waals surface area contributed by atoms with Gasteiger partial charge < -0.3 is 10.8 Å². The third kappa shape index (κ3) is 1.04. The molecule has 11 heavy (non-hydrogen) atoms. The van der Waals surface area contributed by atoms with Gasteiger partial charge >= 0.3 is 0 Å². The van der Waals surface area contributed by atoms with Crippen molar-refractivity contribution in [3.63, 3.8) is 0 Å². The Morgan fingerprint density at radius 1 is 1.73 bits per heavy atom. The van der Waals surface area contributed by atoms with Crippen molar-refractivity contribution >= 4 is 0 Å². The van der Waals surface area contributed by atoms with Crippen molar-refractivity contribution in [1.82, 2.24) is 10.2 Å². The molecule has 1 heterocycles. The molecule has 4 N–H and O–H groups in total. The Morgan fingerprint density at radius 2 is 2.55 bits per heavy atom. The first-order valence-corrected chi connectivity index (χ1v) is 3.73. The third-order valence-corrected chi connectivity index (χ3v) is 2.10. The van der Waals surface area contributed by atoms with Crippen molar-refractivity contribution in [2.75, 3.05) is 0 Å². The Labute approximate surface area is 64.4 Å². The molecule has 0 fully saturated rings. The first kappa shape index (κ1) is 6.82. The minimum atomic E-state index is -0.296. The van der Waals surface area contributed by atoms with Crippen LogP contribution < -0.4 is 5.73 Å². The quantitative estimate of drug-likeness (QED) is 0.479. The van der Waals surface area contributed by atoms with Gasteiger partial charge in [0.25, 0.3) is 0 Å². The Morgan fingerprint density at radius 3 is 3.36 bits per heavy atom. The number of H-pyrrole nitrogens is 1. The van der Waals surface area contributed by atoms with Gasteiger partial charge in [-0.3, -0.25) is 5.10 Å². The highest BCUT2D eigenvalue weighted by Gasteiger charge is 2.24. The number of aromatic amines is 1. The average Bonchev–Trinajstić information content (AvgIpc) is 2.34. The van der Waals surface area contributed by atoms with Crippen LogP contribution in [-0.2, 0) is 6.42 Å². The Balaban J connectivity index is 2.36. The molecule has 0 spiro atoms. The molecule has 1 aromatic rings. The second kappa shape index (κ2) is 2.32. The first-order valence-electron chi connectivity index (χ1n) is 3.73. The maximum atomic E-state index is 9.32. The lowest BCUT2D eigenvalue weighted by Crippen LogP contribution is -2.26. The van der Waals surface area contributed by atoms with Gasteiger partial charge in [0, 0.05) is 12.5 Å². The summed E-state index contributed by atoms with van der Waals surface area (Å²) in [5, 5.41) is 16.0. The van der Waals surface area contributed by atoms with Crippen LogP contribution in [0.1, 0.15) is 23.7 Å². The van der Waals surface area contributed by atoms with E-state index in [9.17, 15) is 5.11 Å². The zero-order chi connectivity index (χ0) is 7.84. The molecule has 60 valence electrons. The van der Waals surface area contributed by atoms with Crippen LogP contribution in [0.4, 0.5) is 0 Å². The van der Waals surface area contributed by atoms with E-state index in [4.69, 9.17) is 5.73 Å². The molecule has 4 nitrogen and oxygen atoms in total. The van der Waals surface area contributed by atoms with Gasteiger partial charge in [-0.05, 0) is 12.0 Å². The molecule has 0 radical (unpaired) electrons. The van der Waals surface area contributed by atoms with E-state index >= 15 is 0 Å². The van der Waals surface area contributed by atoms with E-state index in [1.165, 1.54) is 0 Å². The van der Waals surface area contributed by atoms with Gasteiger partial charge in [0.1, 0.15) is 0 Å². The van der Waals surface area contributed by atoms with Crippen LogP contribution in [0.3, 0.4) is 0 Å². The lowest BCUT2D eigenvalue weighted by atomic mass is 9.92. The Bertz CT molecular complexity index is 258. The fraction of sp³-hybridized carbons (Fsp3) is 0.571. The first-order chi connectivity index (χ1) is 5.27. The number of aromatic nitrogens is 2. The normalized spacial score (nSPS) is 30.0. The molecule has 4 heteroatoms. The monoisotopic (exact) mass is 153 g/mol. The minimum Gasteiger partial charge on any atom is -0.393 e. The highest BCUT2D eigenvalue weighted by atomic mass is 16.3. The summed E-state index contributed by atoms with van der Waals surface area (Å²) in [4.78, 5) is 0. The highest BCUT2D eigenvalue weighted by Crippen LogP contribution is 2.25. The molecule has 1 aromatic heterocycles. The van der Waals surface area contributed by atoms with Crippen molar-refractivity contribution in [2.24, 2.45) is 5.73 Å². The van der Waals surface area contributed by atoms with Gasteiger partial charge in [0.2, 0.25) is 0 Å². The zero-order valence-corrected chi connectivity index (χ0v) is 6.12. The number of nitrogens with two attached hydrogens (primary N) is 1. The third-order valence-electron chi connectivity index (χ3n) is 2.10. The summed E-state index contributed by atoms with van der Waals surface area (Å²) in [6, 6.07) is -0.0729. The van der Waals surface area contributed by atoms with E-state index in [1.54, 1.807) is 6.20 Å². The van der Waals surface area contributed by atoms with Crippen LogP contribution in [0.25, 0.3) is 0 Å². The number of aliphatic hydroxyl groups excluding tert-OH is 1. The Kier molecular flexibility index (Phi) is 1.44. The lowest BCUT2D eigenvalue weighted by molar-refractivity contribution is 0.147. The van der Waals surface area contributed by atoms with Crippen molar-refractivity contribution < 1.29 is 5.11 Å². The standard InChI is InChI=1S/C7H11N3O/c8-6-2-5(11)1-4-3-9-10-7(4)6/h3,5-6,11H,1-2,8H2,(H,9,10). The van der Waals surface area contributed by atoms with Crippen molar-refractivity contribution in [3.8, 4) is 0 Å². The minimum absolute atomic E-state index is 0.0729. The topological polar surface area (TPSA) is 74.9 Å². The molecule has 0 amide bonds. The molecule has 0 aliphatic heterocycles. The van der Waals surface area contributed by atoms with E-state index < -0.39 is 0 Å². The molecule has 0 saturated heterocycles. The van der Waals surface area contributed by atoms with E-state index in [1.807, 2.05) is 0 Å². The fourth-order valence-corrected chi connectivity index (χ4v) is 1.55. The van der Waals surface area contributed by atoms with E-state index in [0.717, 1.165) is 11.3 Å². The van der Waals surface area contributed by atoms with Gasteiger partial charge in [0.05, 0.1) is 18.0 Å². The summed E-state index contributed by atoms with van der Waals surface area (Å²) >= 11 is 0. The maximum absolute atomic E-state index is 9.32. The molecular formula is C7H11N3O. The van der Waals surface area contributed by atoms with E-state index in [-0.39, 0.29) is 12.1 Å². The molecule has 2 unspecified atom stereocenters. The van der Waals surface area contributed by atoms with Crippen LogP contribution >= 0.6 is 0 Å². The number of hydrogen-bond acceptors (Lipinski definition) is 3. The second-order valence-electron chi connectivity index (χ2n) is 3.01. The predicted octanol–water partition coefficient (Wildman–Crippen LogP) is -0.283. The maximum Gasteiger partial charge on any atom is 0.0600 e. The fourth-order valence-electron chi connectivity index (χ4n) is 1.55. The van der Waals surface area contributed by atoms with Crippen LogP contribution in [0.2, 0.25) is 0 Å². The molecule has 0 bridgehead atoms. The number of rotatable bonds is 0. The van der Waals surface area contributed by atoms with E-state index in [2.05, 4.69) is 10.2 Å². The van der Waals surface area contributed by atoms with Gasteiger partial charge in [-0.15, -0.1) is 0 Å². The van der Waals surface area contributed by atoms with Gasteiger partial charge in [0.15, 0.2) is 0 Å². The second-order valence-corrected chi connectivity index (χ2v) is 3.01. The van der Waals surface area contributed by atoms with Crippen LogP contribution in [0, 0.1) is 0 Å². The van der Waals surface area contributed by atoms with Crippen molar-refractivity contribution in [2.45, 2.75) is 25.0 Å². The number of nitrogens with zero attached hydrogens (tertiary/aromatic N) is 1. The summed E-state index contributed by atoms with van der Waals surface area (Å²) in [5.74, 6) is 0. The number of hydrogen-bond donors (Lipinski definition) is 3. The van der Waals surface area contributed by atoms with E-state index in [0.29, 0.717) is 12.8 Å². The summed E-state index contributed by atoms with van der Waals surface area (Å²) in [7, 11) is 0. The number of nitrogens with one attached hydrogen (secondary N) is 1. The molecule has 2 atom stereocenters. The number of fused-ring (bicyclic) bond motifs is 1. The van der Waals surface area contributed by atoms with Crippen LogP contribution in [0.15, 0.2) is 6.20 Å². The van der Waals surface area contributed by atoms with Gasteiger partial charge in [-0.2, -0.15) is 5.10 Å². The summed E-state index contributed by atoms with van der Waals surface area (Å²) in [6.07, 6.45) is 2.75. The molecular weight excluding hydrogens is 142 g/mol. The lowest BCUT2D eigenvalue weighted by Gasteiger charge is -2.21. The molecule has 0 saturated carbocycles. The average molecular weight is 153 g/mol. The smallest absolute Gasteiger partial charge is 0.0600 e. The Hall–Kier alpha value is -0.870. The van der Waals surface area contributed by atoms with Crippen LogP contribution in [-0.4, -0.2) is 21.4 Å². The molecule has 2 rings (SSSR count). The molecule has 1 aliphatic carbocycles. The van der Waals surface area contributed by atoms with Crippen LogP contribution in [0.5, 0.6) is 0 Å². The highest BCUT2D eigenvalue weighted by molar-refractivity contribution is 5.23. The predicted molar refractivity (Wildman–Crippen MR) is 39.8 cm³/mol. The van der Waals surface area contributed by atoms with Gasteiger partial charge in [-0.25, -0.2) is 0 Å².